The van der Waals surface area contributed by atoms with Crippen LogP contribution in [0.4, 0.5) is 0 Å². The molecule has 0 radical (unpaired) electrons. The van der Waals surface area contributed by atoms with Crippen molar-refractivity contribution in [1.29, 1.82) is 0 Å². The molecule has 3 heterocycles. The highest BCUT2D eigenvalue weighted by molar-refractivity contribution is 8.33. The maximum absolute atomic E-state index is 5.29. The fourth-order valence-corrected chi connectivity index (χ4v) is 9.86. The Balaban J connectivity index is 1.43. The summed E-state index contributed by atoms with van der Waals surface area (Å²) in [7, 11) is -1.33. The van der Waals surface area contributed by atoms with Crippen LogP contribution >= 0.6 is 10.0 Å². The minimum absolute atomic E-state index is 0.699. The van der Waals surface area contributed by atoms with E-state index in [1.807, 2.05) is 6.07 Å². The first-order chi connectivity index (χ1) is 20.6. The van der Waals surface area contributed by atoms with E-state index >= 15 is 0 Å². The maximum Gasteiger partial charge on any atom is 0.235 e. The molecule has 1 aliphatic rings. The Labute approximate surface area is 245 Å². The SMILES string of the molecule is CS1(C)c2cccc3cccc(c23)-c2ccc3c(c21)c1ccccc1n3-c1nc(-c2ccccc2)c2ccccc2n1. The number of nitrogens with zero attached hydrogens (tertiary/aromatic N) is 3. The van der Waals surface area contributed by atoms with Gasteiger partial charge in [0.15, 0.2) is 0 Å². The lowest BCUT2D eigenvalue weighted by atomic mass is 9.96. The van der Waals surface area contributed by atoms with Crippen LogP contribution in [0.5, 0.6) is 0 Å². The Bertz CT molecular complexity index is 2380. The highest BCUT2D eigenvalue weighted by Gasteiger charge is 2.33. The molecule has 0 aliphatic carbocycles. The van der Waals surface area contributed by atoms with E-state index in [-0.39, 0.29) is 0 Å². The van der Waals surface area contributed by atoms with E-state index in [4.69, 9.17) is 9.97 Å². The first kappa shape index (κ1) is 23.7. The molecule has 8 aromatic rings. The average molecular weight is 558 g/mol. The quantitative estimate of drug-likeness (QED) is 0.212. The van der Waals surface area contributed by atoms with Gasteiger partial charge in [-0.15, -0.1) is 0 Å². The van der Waals surface area contributed by atoms with Crippen molar-refractivity contribution in [2.45, 2.75) is 9.79 Å². The van der Waals surface area contributed by atoms with Crippen molar-refractivity contribution < 1.29 is 0 Å². The smallest absolute Gasteiger partial charge is 0.235 e. The van der Waals surface area contributed by atoms with E-state index in [1.165, 1.54) is 42.5 Å². The summed E-state index contributed by atoms with van der Waals surface area (Å²) in [5.74, 6) is 0.699. The Morgan fingerprint density at radius 1 is 0.548 bits per heavy atom. The van der Waals surface area contributed by atoms with Crippen LogP contribution in [-0.4, -0.2) is 27.0 Å². The number of para-hydroxylation sites is 2. The number of hydrogen-bond donors (Lipinski definition) is 0. The number of fused-ring (bicyclic) bond motifs is 7. The predicted molar refractivity (Wildman–Crippen MR) is 178 cm³/mol. The second kappa shape index (κ2) is 8.54. The summed E-state index contributed by atoms with van der Waals surface area (Å²) in [6, 6.07) is 45.7. The van der Waals surface area contributed by atoms with Gasteiger partial charge < -0.3 is 0 Å². The molecular weight excluding hydrogens is 531 g/mol. The molecular formula is C38H27N3S. The van der Waals surface area contributed by atoms with Crippen LogP contribution < -0.4 is 0 Å². The summed E-state index contributed by atoms with van der Waals surface area (Å²) in [6.45, 7) is 0. The third kappa shape index (κ3) is 3.13. The fraction of sp³-hybridized carbons (Fsp3) is 0.0526. The Kier molecular flexibility index (Phi) is 4.83. The third-order valence-electron chi connectivity index (χ3n) is 8.85. The Morgan fingerprint density at radius 3 is 2.14 bits per heavy atom. The predicted octanol–water partition coefficient (Wildman–Crippen LogP) is 10.0. The fourth-order valence-electron chi connectivity index (χ4n) is 7.03. The zero-order valence-corrected chi connectivity index (χ0v) is 24.2. The zero-order valence-electron chi connectivity index (χ0n) is 23.4. The van der Waals surface area contributed by atoms with Crippen molar-refractivity contribution in [2.24, 2.45) is 0 Å². The monoisotopic (exact) mass is 557 g/mol. The first-order valence-electron chi connectivity index (χ1n) is 14.3. The molecule has 0 N–H and O–H groups in total. The van der Waals surface area contributed by atoms with Crippen LogP contribution in [0.1, 0.15) is 0 Å². The Morgan fingerprint density at radius 2 is 1.29 bits per heavy atom. The van der Waals surface area contributed by atoms with E-state index in [0.29, 0.717) is 5.95 Å². The van der Waals surface area contributed by atoms with Gasteiger partial charge >= 0.3 is 0 Å². The van der Waals surface area contributed by atoms with Gasteiger partial charge in [0.25, 0.3) is 0 Å². The van der Waals surface area contributed by atoms with E-state index in [0.717, 1.165) is 33.2 Å². The molecule has 4 heteroatoms. The molecule has 0 amide bonds. The average Bonchev–Trinajstić information content (AvgIpc) is 3.37. The van der Waals surface area contributed by atoms with E-state index in [2.05, 4.69) is 138 Å². The molecule has 0 fully saturated rings. The topological polar surface area (TPSA) is 30.7 Å². The van der Waals surface area contributed by atoms with Crippen LogP contribution in [0, 0.1) is 0 Å². The van der Waals surface area contributed by atoms with Gasteiger partial charge in [0, 0.05) is 36.9 Å². The number of aromatic nitrogens is 3. The van der Waals surface area contributed by atoms with Gasteiger partial charge in [-0.25, -0.2) is 9.97 Å². The number of hydrogen-bond acceptors (Lipinski definition) is 2. The summed E-state index contributed by atoms with van der Waals surface area (Å²) in [5.41, 5.74) is 7.93. The summed E-state index contributed by atoms with van der Waals surface area (Å²) < 4.78 is 2.28. The molecule has 9 rings (SSSR count). The molecule has 42 heavy (non-hydrogen) atoms. The lowest BCUT2D eigenvalue weighted by Gasteiger charge is -2.40. The van der Waals surface area contributed by atoms with Crippen molar-refractivity contribution in [1.82, 2.24) is 14.5 Å². The van der Waals surface area contributed by atoms with Crippen LogP contribution in [-0.2, 0) is 0 Å². The molecule has 200 valence electrons. The summed E-state index contributed by atoms with van der Waals surface area (Å²) >= 11 is 0. The highest BCUT2D eigenvalue weighted by atomic mass is 32.3. The minimum atomic E-state index is -1.33. The zero-order chi connectivity index (χ0) is 28.0. The highest BCUT2D eigenvalue weighted by Crippen LogP contribution is 2.67. The van der Waals surface area contributed by atoms with Gasteiger partial charge in [-0.05, 0) is 53.3 Å². The maximum atomic E-state index is 5.29. The molecule has 0 unspecified atom stereocenters. The van der Waals surface area contributed by atoms with E-state index in [1.54, 1.807) is 0 Å². The third-order valence-corrected chi connectivity index (χ3v) is 11.7. The van der Waals surface area contributed by atoms with Crippen LogP contribution in [0.25, 0.3) is 71.8 Å². The molecule has 0 bridgehead atoms. The lowest BCUT2D eigenvalue weighted by Crippen LogP contribution is -2.07. The van der Waals surface area contributed by atoms with Crippen molar-refractivity contribution in [3.8, 4) is 28.3 Å². The number of benzene rings is 6. The molecule has 3 nitrogen and oxygen atoms in total. The minimum Gasteiger partial charge on any atom is -0.278 e. The number of rotatable bonds is 2. The van der Waals surface area contributed by atoms with Crippen molar-refractivity contribution in [3.63, 3.8) is 0 Å². The van der Waals surface area contributed by atoms with Crippen molar-refractivity contribution >= 4 is 53.5 Å². The molecule has 2 aromatic heterocycles. The largest absolute Gasteiger partial charge is 0.278 e. The standard InChI is InChI=1S/C38H27N3S/c1-42(2)33-21-11-15-24-14-10-18-26(34(24)33)27-22-23-32-35(37(27)42)29-17-7-9-20-31(29)41(32)38-39-30-19-8-6-16-28(30)36(40-38)25-12-4-3-5-13-25/h3-23H,1-2H3. The second-order valence-electron chi connectivity index (χ2n) is 11.4. The molecule has 0 atom stereocenters. The van der Waals surface area contributed by atoms with Gasteiger partial charge in [-0.1, -0.05) is 103 Å². The molecule has 6 aromatic carbocycles. The first-order valence-corrected chi connectivity index (χ1v) is 16.7. The van der Waals surface area contributed by atoms with Crippen LogP contribution in [0.3, 0.4) is 0 Å². The lowest BCUT2D eigenvalue weighted by molar-refractivity contribution is 1.01. The van der Waals surface area contributed by atoms with Gasteiger partial charge in [-0.2, -0.15) is 10.0 Å². The summed E-state index contributed by atoms with van der Waals surface area (Å²) in [5, 5.41) is 6.33. The molecule has 1 aliphatic heterocycles. The van der Waals surface area contributed by atoms with E-state index < -0.39 is 10.0 Å². The van der Waals surface area contributed by atoms with E-state index in [9.17, 15) is 0 Å². The molecule has 0 spiro atoms. The van der Waals surface area contributed by atoms with Gasteiger partial charge in [0.05, 0.1) is 22.2 Å². The van der Waals surface area contributed by atoms with Gasteiger partial charge in [-0.3, -0.25) is 4.57 Å². The van der Waals surface area contributed by atoms with Crippen molar-refractivity contribution in [2.75, 3.05) is 12.5 Å². The van der Waals surface area contributed by atoms with Crippen LogP contribution in [0.2, 0.25) is 0 Å². The van der Waals surface area contributed by atoms with Crippen molar-refractivity contribution in [3.05, 3.63) is 127 Å². The van der Waals surface area contributed by atoms with Crippen LogP contribution in [0.15, 0.2) is 137 Å². The molecule has 0 saturated heterocycles. The summed E-state index contributed by atoms with van der Waals surface area (Å²) in [6.07, 6.45) is 4.92. The Hall–Kier alpha value is -4.93. The normalized spacial score (nSPS) is 14.4. The second-order valence-corrected chi connectivity index (χ2v) is 14.9. The summed E-state index contributed by atoms with van der Waals surface area (Å²) in [4.78, 5) is 13.4. The van der Waals surface area contributed by atoms with Gasteiger partial charge in [0.2, 0.25) is 5.95 Å². The van der Waals surface area contributed by atoms with Gasteiger partial charge in [0.1, 0.15) is 0 Å². The molecule has 0 saturated carbocycles.